The molecule has 0 bridgehead atoms. The standard InChI is InChI=1S/C31H25F3N4O2/c1-18-11-21-5-2-3-7-28(21)38(18)17-29(39)37-27(14-19-12-22(32)16-23(33)13-19)30-24(6-4-10-36-30)20-8-9-26(34)25(15-20)31(35)40/h2-13,15-16,27H,14,17H2,1H3,(H2,35,40)(H,37,39)/t27-/m0/s1. The number of hydrogen-bond donors (Lipinski definition) is 2. The minimum atomic E-state index is -0.931. The zero-order chi connectivity index (χ0) is 28.4. The number of carbonyl (C=O) groups excluding carboxylic acids is 2. The summed E-state index contributed by atoms with van der Waals surface area (Å²) in [5.41, 5.74) is 8.45. The molecule has 2 heterocycles. The van der Waals surface area contributed by atoms with E-state index in [2.05, 4.69) is 10.3 Å². The van der Waals surface area contributed by atoms with E-state index in [0.717, 1.165) is 28.7 Å². The quantitative estimate of drug-likeness (QED) is 0.266. The first-order valence-electron chi connectivity index (χ1n) is 12.5. The van der Waals surface area contributed by atoms with Crippen molar-refractivity contribution in [3.05, 3.63) is 125 Å². The highest BCUT2D eigenvalue weighted by molar-refractivity contribution is 5.94. The van der Waals surface area contributed by atoms with Crippen molar-refractivity contribution in [1.82, 2.24) is 14.9 Å². The molecule has 0 spiro atoms. The van der Waals surface area contributed by atoms with Gasteiger partial charge in [-0.1, -0.05) is 30.3 Å². The van der Waals surface area contributed by atoms with Crippen molar-refractivity contribution in [2.24, 2.45) is 5.73 Å². The van der Waals surface area contributed by atoms with Crippen LogP contribution in [0.5, 0.6) is 0 Å². The molecule has 0 saturated heterocycles. The molecular formula is C31H25F3N4O2. The van der Waals surface area contributed by atoms with Gasteiger partial charge in [0.05, 0.1) is 17.3 Å². The van der Waals surface area contributed by atoms with Gasteiger partial charge in [-0.15, -0.1) is 0 Å². The van der Waals surface area contributed by atoms with E-state index in [1.165, 1.54) is 30.5 Å². The van der Waals surface area contributed by atoms with E-state index >= 15 is 0 Å². The van der Waals surface area contributed by atoms with Crippen molar-refractivity contribution in [1.29, 1.82) is 0 Å². The smallest absolute Gasteiger partial charge is 0.251 e. The zero-order valence-electron chi connectivity index (χ0n) is 21.5. The summed E-state index contributed by atoms with van der Waals surface area (Å²) in [4.78, 5) is 29.7. The molecule has 0 aliphatic carbocycles. The highest BCUT2D eigenvalue weighted by atomic mass is 19.1. The van der Waals surface area contributed by atoms with Crippen molar-refractivity contribution in [2.75, 3.05) is 0 Å². The molecule has 0 aliphatic rings. The minimum Gasteiger partial charge on any atom is -0.366 e. The van der Waals surface area contributed by atoms with Crippen LogP contribution in [-0.2, 0) is 17.8 Å². The summed E-state index contributed by atoms with van der Waals surface area (Å²) in [5, 5.41) is 3.97. The number of halogens is 3. The Labute approximate surface area is 228 Å². The normalized spacial score (nSPS) is 11.9. The van der Waals surface area contributed by atoms with Gasteiger partial charge < -0.3 is 15.6 Å². The Balaban J connectivity index is 1.54. The lowest BCUT2D eigenvalue weighted by molar-refractivity contribution is -0.122. The number of hydrogen-bond acceptors (Lipinski definition) is 3. The Bertz CT molecular complexity index is 1730. The summed E-state index contributed by atoms with van der Waals surface area (Å²) in [6, 6.07) is 19.3. The van der Waals surface area contributed by atoms with Crippen LogP contribution in [0.3, 0.4) is 0 Å². The molecular weight excluding hydrogens is 517 g/mol. The highest BCUT2D eigenvalue weighted by Gasteiger charge is 2.23. The van der Waals surface area contributed by atoms with E-state index in [9.17, 15) is 22.8 Å². The molecule has 5 aromatic rings. The Kier molecular flexibility index (Phi) is 7.37. The molecule has 2 amide bonds. The maximum absolute atomic E-state index is 14.2. The molecule has 5 rings (SSSR count). The lowest BCUT2D eigenvalue weighted by Gasteiger charge is -2.22. The molecule has 0 unspecified atom stereocenters. The first kappa shape index (κ1) is 26.7. The second kappa shape index (κ2) is 11.1. The van der Waals surface area contributed by atoms with Crippen LogP contribution in [0.4, 0.5) is 13.2 Å². The van der Waals surface area contributed by atoms with Gasteiger partial charge in [-0.05, 0) is 72.3 Å². The largest absolute Gasteiger partial charge is 0.366 e. The minimum absolute atomic E-state index is 0.00209. The van der Waals surface area contributed by atoms with Crippen LogP contribution in [0, 0.1) is 24.4 Å². The molecule has 202 valence electrons. The number of rotatable bonds is 8. The van der Waals surface area contributed by atoms with Crippen molar-refractivity contribution in [3.8, 4) is 11.1 Å². The molecule has 3 N–H and O–H groups in total. The van der Waals surface area contributed by atoms with Gasteiger partial charge in [0.2, 0.25) is 5.91 Å². The van der Waals surface area contributed by atoms with Gasteiger partial charge in [0.15, 0.2) is 0 Å². The summed E-state index contributed by atoms with van der Waals surface area (Å²) >= 11 is 0. The predicted octanol–water partition coefficient (Wildman–Crippen LogP) is 5.63. The van der Waals surface area contributed by atoms with Crippen LogP contribution in [0.1, 0.15) is 33.4 Å². The number of benzene rings is 3. The molecule has 9 heteroatoms. The maximum atomic E-state index is 14.2. The third-order valence-electron chi connectivity index (χ3n) is 6.73. The van der Waals surface area contributed by atoms with Crippen molar-refractivity contribution in [2.45, 2.75) is 25.9 Å². The fraction of sp³-hybridized carbons (Fsp3) is 0.129. The molecule has 1 atom stereocenters. The topological polar surface area (TPSA) is 90.0 Å². The SMILES string of the molecule is Cc1cc2ccccc2n1CC(=O)N[C@@H](Cc1cc(F)cc(F)c1)c1ncccc1-c1ccc(F)c(C(N)=O)c1. The van der Waals surface area contributed by atoms with Gasteiger partial charge >= 0.3 is 0 Å². The zero-order valence-corrected chi connectivity index (χ0v) is 21.5. The van der Waals surface area contributed by atoms with E-state index < -0.39 is 29.4 Å². The van der Waals surface area contributed by atoms with Crippen LogP contribution < -0.4 is 11.1 Å². The second-order valence-corrected chi connectivity index (χ2v) is 9.53. The number of nitrogens with zero attached hydrogens (tertiary/aromatic N) is 2. The van der Waals surface area contributed by atoms with E-state index in [1.54, 1.807) is 12.1 Å². The summed E-state index contributed by atoms with van der Waals surface area (Å²) in [6.45, 7) is 1.90. The second-order valence-electron chi connectivity index (χ2n) is 9.53. The molecule has 6 nitrogen and oxygen atoms in total. The van der Waals surface area contributed by atoms with Crippen LogP contribution in [-0.4, -0.2) is 21.4 Å². The number of pyridine rings is 1. The predicted molar refractivity (Wildman–Crippen MR) is 146 cm³/mol. The number of carbonyl (C=O) groups is 2. The maximum Gasteiger partial charge on any atom is 0.251 e. The third kappa shape index (κ3) is 5.58. The van der Waals surface area contributed by atoms with E-state index in [-0.39, 0.29) is 24.4 Å². The van der Waals surface area contributed by atoms with Crippen LogP contribution in [0.15, 0.2) is 85.1 Å². The monoisotopic (exact) mass is 542 g/mol. The number of para-hydroxylation sites is 1. The molecule has 2 aromatic heterocycles. The number of aryl methyl sites for hydroxylation is 1. The van der Waals surface area contributed by atoms with Gasteiger partial charge in [0, 0.05) is 29.0 Å². The van der Waals surface area contributed by atoms with E-state index in [4.69, 9.17) is 5.73 Å². The Hall–Kier alpha value is -4.92. The number of primary amides is 1. The van der Waals surface area contributed by atoms with Gasteiger partial charge in [0.25, 0.3) is 5.91 Å². The van der Waals surface area contributed by atoms with Crippen molar-refractivity contribution >= 4 is 22.7 Å². The van der Waals surface area contributed by atoms with Gasteiger partial charge in [-0.2, -0.15) is 0 Å². The van der Waals surface area contributed by atoms with Crippen LogP contribution >= 0.6 is 0 Å². The fourth-order valence-corrected chi connectivity index (χ4v) is 4.94. The Morgan fingerprint density at radius 1 is 0.950 bits per heavy atom. The van der Waals surface area contributed by atoms with Gasteiger partial charge in [-0.3, -0.25) is 14.6 Å². The first-order chi connectivity index (χ1) is 19.2. The summed E-state index contributed by atoms with van der Waals surface area (Å²) in [5.74, 6) is -3.55. The molecule has 0 radical (unpaired) electrons. The molecule has 0 aliphatic heterocycles. The average molecular weight is 543 g/mol. The molecule has 3 aromatic carbocycles. The lowest BCUT2D eigenvalue weighted by Crippen LogP contribution is -2.33. The number of nitrogens with two attached hydrogens (primary N) is 1. The van der Waals surface area contributed by atoms with Crippen LogP contribution in [0.2, 0.25) is 0 Å². The van der Waals surface area contributed by atoms with Gasteiger partial charge in [0.1, 0.15) is 24.0 Å². The summed E-state index contributed by atoms with van der Waals surface area (Å²) in [7, 11) is 0. The highest BCUT2D eigenvalue weighted by Crippen LogP contribution is 2.30. The fourth-order valence-electron chi connectivity index (χ4n) is 4.94. The number of nitrogens with one attached hydrogen (secondary N) is 1. The molecule has 0 saturated carbocycles. The lowest BCUT2D eigenvalue weighted by atomic mass is 9.94. The van der Waals surface area contributed by atoms with E-state index in [0.29, 0.717) is 22.4 Å². The average Bonchev–Trinajstić information content (AvgIpc) is 3.22. The third-order valence-corrected chi connectivity index (χ3v) is 6.73. The number of fused-ring (bicyclic) bond motifs is 1. The summed E-state index contributed by atoms with van der Waals surface area (Å²) in [6.07, 6.45) is 1.53. The van der Waals surface area contributed by atoms with E-state index in [1.807, 2.05) is 41.8 Å². The Morgan fingerprint density at radius 3 is 2.45 bits per heavy atom. The molecule has 0 fully saturated rings. The first-order valence-corrected chi connectivity index (χ1v) is 12.5. The Morgan fingerprint density at radius 2 is 1.70 bits per heavy atom. The number of amides is 2. The molecule has 40 heavy (non-hydrogen) atoms. The van der Waals surface area contributed by atoms with Gasteiger partial charge in [-0.25, -0.2) is 13.2 Å². The van der Waals surface area contributed by atoms with Crippen molar-refractivity contribution in [3.63, 3.8) is 0 Å². The van der Waals surface area contributed by atoms with Crippen LogP contribution in [0.25, 0.3) is 22.0 Å². The number of aromatic nitrogens is 2. The van der Waals surface area contributed by atoms with Crippen molar-refractivity contribution < 1.29 is 22.8 Å². The summed E-state index contributed by atoms with van der Waals surface area (Å²) < 4.78 is 44.2.